The number of aromatic nitrogens is 2. The van der Waals surface area contributed by atoms with Crippen molar-refractivity contribution in [2.24, 2.45) is 16.7 Å². The van der Waals surface area contributed by atoms with Crippen LogP contribution in [-0.4, -0.2) is 89.8 Å². The highest BCUT2D eigenvalue weighted by Gasteiger charge is 2.30. The molecule has 19 heteroatoms. The molecule has 5 rings (SSSR count). The van der Waals surface area contributed by atoms with Gasteiger partial charge < -0.3 is 39.9 Å². The second-order valence-electron chi connectivity index (χ2n) is 18.1. The molecule has 1 aliphatic carbocycles. The summed E-state index contributed by atoms with van der Waals surface area (Å²) >= 11 is 0. The van der Waals surface area contributed by atoms with Crippen LogP contribution in [0.2, 0.25) is 0 Å². The van der Waals surface area contributed by atoms with Crippen molar-refractivity contribution in [3.05, 3.63) is 94.6 Å². The first-order valence-corrected chi connectivity index (χ1v) is 21.7. The molecule has 1 fully saturated rings. The zero-order chi connectivity index (χ0) is 49.1. The van der Waals surface area contributed by atoms with E-state index < -0.39 is 107 Å². The summed E-state index contributed by atoms with van der Waals surface area (Å²) in [5, 5.41) is 8.13. The maximum atomic E-state index is 15.5. The molecule has 1 atom stereocenters. The number of hydrogen-bond donors (Lipinski definition) is 4. The number of carbonyl (C=O) groups excluding carboxylic acids is 9. The molecule has 0 saturated heterocycles. The SMILES string of the molecule is CC(C)(C)C(=O)OC(=O)COC(=O)c1cc(NC(=O)C(CNC(=O)c2cc3nc[nH]c3cc2C(=O)NCC2CCCCCC2)c2ccccc2F)cc(C(=O)OCC(=O)OC(=O)C(C)(C)C)c1. The van der Waals surface area contributed by atoms with Crippen LogP contribution >= 0.6 is 0 Å². The third kappa shape index (κ3) is 14.3. The number of aromatic amines is 1. The molecule has 4 aromatic rings. The van der Waals surface area contributed by atoms with Crippen LogP contribution in [0, 0.1) is 22.6 Å². The molecule has 1 unspecified atom stereocenters. The van der Waals surface area contributed by atoms with E-state index in [2.05, 4.69) is 25.9 Å². The number of nitrogens with zero attached hydrogens (tertiary/aromatic N) is 1. The number of H-pyrrole nitrogens is 1. The summed E-state index contributed by atoms with van der Waals surface area (Å²) in [7, 11) is 0. The maximum absolute atomic E-state index is 15.5. The average molecular weight is 928 g/mol. The molecule has 0 aliphatic heterocycles. The quantitative estimate of drug-likeness (QED) is 0.0455. The molecule has 4 N–H and O–H groups in total. The van der Waals surface area contributed by atoms with Gasteiger partial charge in [0.15, 0.2) is 13.2 Å². The molecular formula is C48H54FN5O13. The van der Waals surface area contributed by atoms with E-state index in [1.54, 1.807) is 0 Å². The monoisotopic (exact) mass is 927 g/mol. The van der Waals surface area contributed by atoms with Gasteiger partial charge in [-0.3, -0.25) is 24.0 Å². The maximum Gasteiger partial charge on any atom is 0.351 e. The smallest absolute Gasteiger partial charge is 0.351 e. The zero-order valence-corrected chi connectivity index (χ0v) is 38.1. The van der Waals surface area contributed by atoms with Crippen LogP contribution in [0.1, 0.15) is 133 Å². The summed E-state index contributed by atoms with van der Waals surface area (Å²) < 4.78 is 35.0. The lowest BCUT2D eigenvalue weighted by Crippen LogP contribution is -2.36. The Bertz CT molecular complexity index is 2470. The van der Waals surface area contributed by atoms with Gasteiger partial charge in [-0.05, 0) is 96.7 Å². The standard InChI is InChI=1S/C48H54FN5O13/c1-47(2,3)45(62)66-38(55)24-64-43(60)28-17-29(44(61)65-25-39(56)67-46(63)48(4,5)6)19-30(18-28)54-42(59)34(31-15-11-12-16-35(31)49)23-51-41(58)33-21-37-36(52-26-53-37)20-32(33)40(57)50-22-27-13-9-7-8-10-14-27/h11-12,15-21,26-27,34H,7-10,13-14,22-25H2,1-6H3,(H,50,57)(H,51,58)(H,52,53)(H,54,59). The molecular weight excluding hydrogens is 874 g/mol. The number of nitrogens with one attached hydrogen (secondary N) is 4. The second kappa shape index (κ2) is 22.3. The van der Waals surface area contributed by atoms with Gasteiger partial charge in [-0.1, -0.05) is 43.9 Å². The van der Waals surface area contributed by atoms with Gasteiger partial charge in [-0.25, -0.2) is 28.6 Å². The summed E-state index contributed by atoms with van der Waals surface area (Å²) in [4.78, 5) is 125. The van der Waals surface area contributed by atoms with E-state index in [4.69, 9.17) is 18.9 Å². The molecule has 1 saturated carbocycles. The average Bonchev–Trinajstić information content (AvgIpc) is 3.58. The Morgan fingerprint density at radius 1 is 0.716 bits per heavy atom. The first-order valence-electron chi connectivity index (χ1n) is 21.7. The number of amides is 3. The molecule has 0 spiro atoms. The summed E-state index contributed by atoms with van der Waals surface area (Å²) in [5.74, 6) is -10.9. The van der Waals surface area contributed by atoms with Crippen molar-refractivity contribution < 1.29 is 66.5 Å². The van der Waals surface area contributed by atoms with Crippen LogP contribution in [0.4, 0.5) is 10.1 Å². The van der Waals surface area contributed by atoms with Gasteiger partial charge >= 0.3 is 35.8 Å². The van der Waals surface area contributed by atoms with Crippen molar-refractivity contribution in [1.29, 1.82) is 0 Å². The molecule has 356 valence electrons. The minimum Gasteiger partial charge on any atom is -0.450 e. The number of imidazole rings is 1. The fourth-order valence-electron chi connectivity index (χ4n) is 6.80. The van der Waals surface area contributed by atoms with Gasteiger partial charge in [0.25, 0.3) is 11.8 Å². The van der Waals surface area contributed by atoms with Crippen LogP contribution in [0.25, 0.3) is 11.0 Å². The predicted octanol–water partition coefficient (Wildman–Crippen LogP) is 6.10. The third-order valence-electron chi connectivity index (χ3n) is 10.6. The van der Waals surface area contributed by atoms with Gasteiger partial charge in [-0.2, -0.15) is 0 Å². The topological polar surface area (TPSA) is 255 Å². The Hall–Kier alpha value is -7.31. The molecule has 3 aromatic carbocycles. The van der Waals surface area contributed by atoms with Crippen LogP contribution in [0.3, 0.4) is 0 Å². The number of carbonyl (C=O) groups is 9. The minimum atomic E-state index is -1.48. The van der Waals surface area contributed by atoms with Crippen molar-refractivity contribution >= 4 is 70.3 Å². The lowest BCUT2D eigenvalue weighted by molar-refractivity contribution is -0.168. The van der Waals surface area contributed by atoms with E-state index in [0.717, 1.165) is 62.8 Å². The van der Waals surface area contributed by atoms with Crippen molar-refractivity contribution in [2.45, 2.75) is 86.0 Å². The molecule has 1 heterocycles. The lowest BCUT2D eigenvalue weighted by atomic mass is 9.96. The third-order valence-corrected chi connectivity index (χ3v) is 10.6. The van der Waals surface area contributed by atoms with Gasteiger partial charge in [0, 0.05) is 24.3 Å². The van der Waals surface area contributed by atoms with E-state index >= 15 is 4.39 Å². The number of esters is 6. The van der Waals surface area contributed by atoms with Gasteiger partial charge in [0.05, 0.1) is 56.4 Å². The molecule has 3 amide bonds. The van der Waals surface area contributed by atoms with Crippen molar-refractivity contribution in [2.75, 3.05) is 31.6 Å². The normalized spacial score (nSPS) is 13.6. The lowest BCUT2D eigenvalue weighted by Gasteiger charge is -2.20. The summed E-state index contributed by atoms with van der Waals surface area (Å²) in [6.07, 6.45) is 7.76. The highest BCUT2D eigenvalue weighted by Crippen LogP contribution is 2.26. The molecule has 1 aromatic heterocycles. The summed E-state index contributed by atoms with van der Waals surface area (Å²) in [6.45, 7) is 6.82. The number of benzene rings is 3. The largest absolute Gasteiger partial charge is 0.450 e. The van der Waals surface area contributed by atoms with Gasteiger partial charge in [0.1, 0.15) is 5.82 Å². The molecule has 67 heavy (non-hydrogen) atoms. The van der Waals surface area contributed by atoms with E-state index in [1.165, 1.54) is 78.2 Å². The second-order valence-corrected chi connectivity index (χ2v) is 18.1. The fourth-order valence-corrected chi connectivity index (χ4v) is 6.80. The first kappa shape index (κ1) is 50.7. The summed E-state index contributed by atoms with van der Waals surface area (Å²) in [6, 6.07) is 11.3. The Balaban J connectivity index is 1.40. The number of rotatable bonds is 15. The molecule has 18 nitrogen and oxygen atoms in total. The van der Waals surface area contributed by atoms with Crippen molar-refractivity contribution in [1.82, 2.24) is 20.6 Å². The highest BCUT2D eigenvalue weighted by atomic mass is 19.1. The van der Waals surface area contributed by atoms with Gasteiger partial charge in [0.2, 0.25) is 5.91 Å². The molecule has 0 radical (unpaired) electrons. The van der Waals surface area contributed by atoms with Crippen molar-refractivity contribution in [3.8, 4) is 0 Å². The van der Waals surface area contributed by atoms with E-state index in [0.29, 0.717) is 17.6 Å². The number of hydrogen-bond acceptors (Lipinski definition) is 14. The van der Waals surface area contributed by atoms with E-state index in [-0.39, 0.29) is 28.3 Å². The van der Waals surface area contributed by atoms with Crippen LogP contribution < -0.4 is 16.0 Å². The molecule has 1 aliphatic rings. The number of fused-ring (bicyclic) bond motifs is 1. The first-order chi connectivity index (χ1) is 31.6. The van der Waals surface area contributed by atoms with Gasteiger partial charge in [-0.15, -0.1) is 0 Å². The van der Waals surface area contributed by atoms with Crippen LogP contribution in [-0.2, 0) is 42.9 Å². The Kier molecular flexibility index (Phi) is 16.8. The number of anilines is 1. The Morgan fingerprint density at radius 2 is 1.25 bits per heavy atom. The highest BCUT2D eigenvalue weighted by molar-refractivity contribution is 6.10. The van der Waals surface area contributed by atoms with E-state index in [9.17, 15) is 43.2 Å². The predicted molar refractivity (Wildman–Crippen MR) is 238 cm³/mol. The van der Waals surface area contributed by atoms with Crippen LogP contribution in [0.15, 0.2) is 60.9 Å². The minimum absolute atomic E-state index is 0.0426. The molecule has 0 bridgehead atoms. The Labute approximate surface area is 385 Å². The number of halogens is 1. The number of ether oxygens (including phenoxy) is 4. The Morgan fingerprint density at radius 3 is 1.81 bits per heavy atom. The zero-order valence-electron chi connectivity index (χ0n) is 38.1. The van der Waals surface area contributed by atoms with Crippen molar-refractivity contribution in [3.63, 3.8) is 0 Å². The van der Waals surface area contributed by atoms with Crippen LogP contribution in [0.5, 0.6) is 0 Å². The fraction of sp³-hybridized carbons (Fsp3) is 0.417. The summed E-state index contributed by atoms with van der Waals surface area (Å²) in [5.41, 5.74) is -2.57. The van der Waals surface area contributed by atoms with E-state index in [1.807, 2.05) is 0 Å².